The molecule has 1 aromatic carbocycles. The fraction of sp³-hybridized carbons (Fsp3) is 0.458. The molecule has 9 heteroatoms. The Hall–Kier alpha value is -3.17. The van der Waals surface area contributed by atoms with E-state index >= 15 is 0 Å². The van der Waals surface area contributed by atoms with Crippen LogP contribution in [0.1, 0.15) is 24.4 Å². The number of aryl methyl sites for hydroxylation is 2. The molecule has 1 saturated heterocycles. The Bertz CT molecular complexity index is 1290. The highest BCUT2D eigenvalue weighted by molar-refractivity contribution is 6.05. The average Bonchev–Trinajstić information content (AvgIpc) is 3.38. The van der Waals surface area contributed by atoms with Crippen molar-refractivity contribution in [2.24, 2.45) is 0 Å². The van der Waals surface area contributed by atoms with Gasteiger partial charge < -0.3 is 28.2 Å². The summed E-state index contributed by atoms with van der Waals surface area (Å²) < 4.78 is 24.6. The predicted molar refractivity (Wildman–Crippen MR) is 126 cm³/mol. The van der Waals surface area contributed by atoms with Gasteiger partial charge in [-0.15, -0.1) is 0 Å². The Labute approximate surface area is 192 Å². The zero-order valence-corrected chi connectivity index (χ0v) is 19.7. The lowest BCUT2D eigenvalue weighted by molar-refractivity contribution is 0.121. The molecule has 0 spiro atoms. The predicted octanol–water partition coefficient (Wildman–Crippen LogP) is 3.91. The van der Waals surface area contributed by atoms with Gasteiger partial charge in [-0.3, -0.25) is 4.98 Å². The van der Waals surface area contributed by atoms with Crippen LogP contribution < -0.4 is 9.64 Å². The molecule has 5 rings (SSSR count). The Morgan fingerprint density at radius 2 is 1.91 bits per heavy atom. The standard InChI is InChI=1S/C24H29N5O4/c1-14(13-30-4)29-23-17-11-21(31-5)18(22-15(2)27-33-16(22)3)10-19(17)25-12-20(23)26-24(29)28-6-8-32-9-7-28/h10-12,14H,6-9,13H2,1-5H3/t14-/m1/s1. The zero-order valence-electron chi connectivity index (χ0n) is 19.7. The maximum atomic E-state index is 5.83. The summed E-state index contributed by atoms with van der Waals surface area (Å²) in [6, 6.07) is 4.18. The van der Waals surface area contributed by atoms with Gasteiger partial charge in [0.2, 0.25) is 5.95 Å². The van der Waals surface area contributed by atoms with Crippen LogP contribution in [0.25, 0.3) is 33.1 Å². The molecular formula is C24H29N5O4. The minimum atomic E-state index is 0.0803. The van der Waals surface area contributed by atoms with Crippen molar-refractivity contribution in [3.63, 3.8) is 0 Å². The van der Waals surface area contributed by atoms with Crippen molar-refractivity contribution in [3.05, 3.63) is 29.8 Å². The number of imidazole rings is 1. The minimum Gasteiger partial charge on any atom is -0.496 e. The first-order valence-electron chi connectivity index (χ1n) is 11.2. The van der Waals surface area contributed by atoms with Crippen molar-refractivity contribution in [1.29, 1.82) is 0 Å². The normalized spacial score (nSPS) is 15.5. The monoisotopic (exact) mass is 451 g/mol. The molecule has 0 aliphatic carbocycles. The zero-order chi connectivity index (χ0) is 23.1. The van der Waals surface area contributed by atoms with Crippen LogP contribution in [0.2, 0.25) is 0 Å². The molecule has 3 aromatic heterocycles. The smallest absolute Gasteiger partial charge is 0.207 e. The van der Waals surface area contributed by atoms with E-state index in [4.69, 9.17) is 28.7 Å². The summed E-state index contributed by atoms with van der Waals surface area (Å²) in [5, 5.41) is 5.10. The number of anilines is 1. The molecule has 4 heterocycles. The molecule has 174 valence electrons. The van der Waals surface area contributed by atoms with Gasteiger partial charge in [-0.25, -0.2) is 4.98 Å². The molecule has 0 N–H and O–H groups in total. The van der Waals surface area contributed by atoms with Gasteiger partial charge in [0.25, 0.3) is 0 Å². The topological polar surface area (TPSA) is 87.7 Å². The maximum absolute atomic E-state index is 5.83. The van der Waals surface area contributed by atoms with Crippen LogP contribution in [0.4, 0.5) is 5.95 Å². The quantitative estimate of drug-likeness (QED) is 0.436. The van der Waals surface area contributed by atoms with Gasteiger partial charge in [-0.05, 0) is 32.9 Å². The van der Waals surface area contributed by atoms with Gasteiger partial charge in [0.15, 0.2) is 0 Å². The SMILES string of the molecule is COC[C@@H](C)n1c(N2CCOCC2)nc2cnc3cc(-c4c(C)noc4C)c(OC)cc3c21. The fourth-order valence-corrected chi connectivity index (χ4v) is 4.74. The molecular weight excluding hydrogens is 422 g/mol. The van der Waals surface area contributed by atoms with Gasteiger partial charge in [0, 0.05) is 31.1 Å². The number of nitrogens with zero attached hydrogens (tertiary/aromatic N) is 5. The molecule has 0 radical (unpaired) electrons. The number of benzene rings is 1. The van der Waals surface area contributed by atoms with E-state index in [-0.39, 0.29) is 6.04 Å². The number of pyridine rings is 1. The van der Waals surface area contributed by atoms with Crippen LogP contribution in [0, 0.1) is 13.8 Å². The van der Waals surface area contributed by atoms with E-state index in [1.807, 2.05) is 32.2 Å². The average molecular weight is 452 g/mol. The van der Waals surface area contributed by atoms with Gasteiger partial charge in [0.05, 0.1) is 61.5 Å². The van der Waals surface area contributed by atoms with Crippen LogP contribution >= 0.6 is 0 Å². The van der Waals surface area contributed by atoms with Crippen molar-refractivity contribution in [2.45, 2.75) is 26.8 Å². The van der Waals surface area contributed by atoms with Gasteiger partial charge in [-0.1, -0.05) is 5.16 Å². The summed E-state index contributed by atoms with van der Waals surface area (Å²) in [5.74, 6) is 2.41. The molecule has 0 amide bonds. The first-order valence-corrected chi connectivity index (χ1v) is 11.2. The first-order chi connectivity index (χ1) is 16.0. The maximum Gasteiger partial charge on any atom is 0.207 e. The summed E-state index contributed by atoms with van der Waals surface area (Å²) in [6.45, 7) is 9.54. The van der Waals surface area contributed by atoms with Crippen molar-refractivity contribution in [1.82, 2.24) is 19.7 Å². The number of rotatable bonds is 6. The lowest BCUT2D eigenvalue weighted by Crippen LogP contribution is -2.38. The van der Waals surface area contributed by atoms with Crippen molar-refractivity contribution < 1.29 is 18.7 Å². The highest BCUT2D eigenvalue weighted by atomic mass is 16.5. The Morgan fingerprint density at radius 3 is 2.58 bits per heavy atom. The van der Waals surface area contributed by atoms with E-state index in [0.717, 1.165) is 69.3 Å². The molecule has 1 aliphatic rings. The van der Waals surface area contributed by atoms with E-state index < -0.39 is 0 Å². The van der Waals surface area contributed by atoms with Gasteiger partial charge >= 0.3 is 0 Å². The molecule has 9 nitrogen and oxygen atoms in total. The first kappa shape index (κ1) is 21.7. The number of ether oxygens (including phenoxy) is 3. The van der Waals surface area contributed by atoms with Crippen molar-refractivity contribution in [2.75, 3.05) is 52.0 Å². The Kier molecular flexibility index (Phi) is 5.67. The Balaban J connectivity index is 1.78. The van der Waals surface area contributed by atoms with Crippen LogP contribution in [0.3, 0.4) is 0 Å². The highest BCUT2D eigenvalue weighted by Crippen LogP contribution is 2.40. The van der Waals surface area contributed by atoms with Crippen LogP contribution in [0.5, 0.6) is 5.75 Å². The number of methoxy groups -OCH3 is 2. The van der Waals surface area contributed by atoms with Crippen LogP contribution in [-0.2, 0) is 9.47 Å². The number of fused-ring (bicyclic) bond motifs is 3. The van der Waals surface area contributed by atoms with Gasteiger partial charge in [0.1, 0.15) is 17.0 Å². The summed E-state index contributed by atoms with van der Waals surface area (Å²) in [6.07, 6.45) is 1.85. The van der Waals surface area contributed by atoms with E-state index in [2.05, 4.69) is 21.5 Å². The lowest BCUT2D eigenvalue weighted by atomic mass is 10.0. The summed E-state index contributed by atoms with van der Waals surface area (Å²) in [7, 11) is 3.41. The largest absolute Gasteiger partial charge is 0.496 e. The number of aromatic nitrogens is 4. The second-order valence-corrected chi connectivity index (χ2v) is 8.45. The third-order valence-electron chi connectivity index (χ3n) is 6.26. The van der Waals surface area contributed by atoms with Crippen molar-refractivity contribution >= 4 is 27.9 Å². The third kappa shape index (κ3) is 3.61. The number of morpholine rings is 1. The molecule has 4 aromatic rings. The summed E-state index contributed by atoms with van der Waals surface area (Å²) >= 11 is 0. The van der Waals surface area contributed by atoms with Crippen LogP contribution in [0.15, 0.2) is 22.9 Å². The molecule has 1 atom stereocenters. The van der Waals surface area contributed by atoms with E-state index in [0.29, 0.717) is 19.8 Å². The lowest BCUT2D eigenvalue weighted by Gasteiger charge is -2.30. The molecule has 0 saturated carbocycles. The number of hydrogen-bond acceptors (Lipinski definition) is 8. The second kappa shape index (κ2) is 8.64. The third-order valence-corrected chi connectivity index (χ3v) is 6.26. The summed E-state index contributed by atoms with van der Waals surface area (Å²) in [5.41, 5.74) is 5.40. The fourth-order valence-electron chi connectivity index (χ4n) is 4.74. The molecule has 1 fully saturated rings. The van der Waals surface area contributed by atoms with Gasteiger partial charge in [-0.2, -0.15) is 0 Å². The second-order valence-electron chi connectivity index (χ2n) is 8.45. The highest BCUT2D eigenvalue weighted by Gasteiger charge is 2.25. The minimum absolute atomic E-state index is 0.0803. The molecule has 0 unspecified atom stereocenters. The molecule has 33 heavy (non-hydrogen) atoms. The van der Waals surface area contributed by atoms with E-state index in [1.54, 1.807) is 14.2 Å². The van der Waals surface area contributed by atoms with Crippen LogP contribution in [-0.4, -0.2) is 66.8 Å². The summed E-state index contributed by atoms with van der Waals surface area (Å²) in [4.78, 5) is 12.0. The van der Waals surface area contributed by atoms with E-state index in [9.17, 15) is 0 Å². The molecule has 0 bridgehead atoms. The number of hydrogen-bond donors (Lipinski definition) is 0. The molecule has 1 aliphatic heterocycles. The van der Waals surface area contributed by atoms with Crippen molar-refractivity contribution in [3.8, 4) is 16.9 Å². The van der Waals surface area contributed by atoms with E-state index in [1.165, 1.54) is 0 Å². The Morgan fingerprint density at radius 1 is 1.12 bits per heavy atom.